The quantitative estimate of drug-likeness (QED) is 0.864. The molecule has 0 amide bonds. The summed E-state index contributed by atoms with van der Waals surface area (Å²) in [4.78, 5) is 6.49. The highest BCUT2D eigenvalue weighted by molar-refractivity contribution is 9.10. The van der Waals surface area contributed by atoms with Crippen molar-refractivity contribution in [3.05, 3.63) is 34.6 Å². The molecular formula is C15H20BrN3O2. The molecule has 0 fully saturated rings. The Balaban J connectivity index is 2.09. The lowest BCUT2D eigenvalue weighted by molar-refractivity contribution is 0.0322. The van der Waals surface area contributed by atoms with Gasteiger partial charge in [0.2, 0.25) is 11.7 Å². The molecule has 0 aliphatic rings. The zero-order valence-electron chi connectivity index (χ0n) is 12.5. The molecule has 0 aliphatic carbocycles. The van der Waals surface area contributed by atoms with Crippen molar-refractivity contribution in [3.8, 4) is 11.4 Å². The second kappa shape index (κ2) is 6.68. The number of aromatic nitrogens is 2. The third kappa shape index (κ3) is 4.91. The Morgan fingerprint density at radius 3 is 2.76 bits per heavy atom. The number of hydrogen-bond donors (Lipinski definition) is 1. The first-order chi connectivity index (χ1) is 9.87. The lowest BCUT2D eigenvalue weighted by Crippen LogP contribution is -2.38. The number of halogens is 1. The largest absolute Gasteiger partial charge is 0.389 e. The van der Waals surface area contributed by atoms with Gasteiger partial charge in [-0.15, -0.1) is 0 Å². The zero-order chi connectivity index (χ0) is 15.5. The number of benzene rings is 1. The van der Waals surface area contributed by atoms with Gasteiger partial charge < -0.3 is 9.63 Å². The lowest BCUT2D eigenvalue weighted by atomic mass is 10.1. The highest BCUT2D eigenvalue weighted by atomic mass is 79.9. The van der Waals surface area contributed by atoms with Gasteiger partial charge in [0.05, 0.1) is 12.1 Å². The summed E-state index contributed by atoms with van der Waals surface area (Å²) in [5, 5.41) is 13.9. The SMILES string of the molecule is CCN(Cc1nc(-c2cccc(Br)c2)no1)CC(C)(C)O. The molecule has 0 saturated carbocycles. The van der Waals surface area contributed by atoms with Gasteiger partial charge in [-0.25, -0.2) is 0 Å². The Bertz CT molecular complexity index is 593. The van der Waals surface area contributed by atoms with Crippen molar-refractivity contribution in [3.63, 3.8) is 0 Å². The van der Waals surface area contributed by atoms with Crippen LogP contribution in [-0.4, -0.2) is 38.8 Å². The molecule has 2 aromatic rings. The highest BCUT2D eigenvalue weighted by Crippen LogP contribution is 2.20. The van der Waals surface area contributed by atoms with Crippen molar-refractivity contribution >= 4 is 15.9 Å². The number of hydrogen-bond acceptors (Lipinski definition) is 5. The van der Waals surface area contributed by atoms with Crippen molar-refractivity contribution in [2.75, 3.05) is 13.1 Å². The minimum Gasteiger partial charge on any atom is -0.389 e. The minimum absolute atomic E-state index is 0.529. The molecule has 0 saturated heterocycles. The monoisotopic (exact) mass is 353 g/mol. The van der Waals surface area contributed by atoms with Crippen LogP contribution < -0.4 is 0 Å². The summed E-state index contributed by atoms with van der Waals surface area (Å²) in [5.74, 6) is 1.13. The summed E-state index contributed by atoms with van der Waals surface area (Å²) in [5.41, 5.74) is 0.160. The Kier molecular flexibility index (Phi) is 5.13. The van der Waals surface area contributed by atoms with Crippen LogP contribution in [0.2, 0.25) is 0 Å². The van der Waals surface area contributed by atoms with Crippen molar-refractivity contribution in [1.82, 2.24) is 15.0 Å². The molecule has 1 N–H and O–H groups in total. The number of aliphatic hydroxyl groups is 1. The van der Waals surface area contributed by atoms with E-state index in [0.717, 1.165) is 16.6 Å². The minimum atomic E-state index is -0.747. The predicted molar refractivity (Wildman–Crippen MR) is 84.7 cm³/mol. The van der Waals surface area contributed by atoms with Gasteiger partial charge in [0.1, 0.15) is 0 Å². The molecule has 0 bridgehead atoms. The van der Waals surface area contributed by atoms with Crippen LogP contribution in [0.5, 0.6) is 0 Å². The maximum atomic E-state index is 9.90. The first kappa shape index (κ1) is 16.1. The summed E-state index contributed by atoms with van der Waals surface area (Å²) in [6.07, 6.45) is 0. The van der Waals surface area contributed by atoms with Gasteiger partial charge in [0, 0.05) is 16.6 Å². The molecule has 114 valence electrons. The Labute approximate surface area is 133 Å². The first-order valence-electron chi connectivity index (χ1n) is 6.90. The average Bonchev–Trinajstić information content (AvgIpc) is 2.85. The zero-order valence-corrected chi connectivity index (χ0v) is 14.1. The average molecular weight is 354 g/mol. The van der Waals surface area contributed by atoms with E-state index in [2.05, 4.69) is 31.0 Å². The summed E-state index contributed by atoms with van der Waals surface area (Å²) >= 11 is 3.43. The molecular weight excluding hydrogens is 334 g/mol. The number of rotatable bonds is 6. The van der Waals surface area contributed by atoms with Gasteiger partial charge in [0.15, 0.2) is 0 Å². The Morgan fingerprint density at radius 2 is 2.14 bits per heavy atom. The standard InChI is InChI=1S/C15H20BrN3O2/c1-4-19(10-15(2,3)20)9-13-17-14(18-21-13)11-6-5-7-12(16)8-11/h5-8,20H,4,9-10H2,1-3H3. The third-order valence-corrected chi connectivity index (χ3v) is 3.46. The van der Waals surface area contributed by atoms with Gasteiger partial charge in [-0.05, 0) is 32.5 Å². The second-order valence-electron chi connectivity index (χ2n) is 5.64. The van der Waals surface area contributed by atoms with Crippen LogP contribution in [0.1, 0.15) is 26.7 Å². The van der Waals surface area contributed by atoms with E-state index in [0.29, 0.717) is 24.8 Å². The fourth-order valence-corrected chi connectivity index (χ4v) is 2.48. The molecule has 0 atom stereocenters. The normalized spacial score (nSPS) is 12.1. The van der Waals surface area contributed by atoms with Crippen LogP contribution in [0.4, 0.5) is 0 Å². The van der Waals surface area contributed by atoms with E-state index in [1.54, 1.807) is 13.8 Å². The smallest absolute Gasteiger partial charge is 0.241 e. The van der Waals surface area contributed by atoms with Crippen molar-refractivity contribution in [2.24, 2.45) is 0 Å². The van der Waals surface area contributed by atoms with Crippen LogP contribution >= 0.6 is 15.9 Å². The fraction of sp³-hybridized carbons (Fsp3) is 0.467. The van der Waals surface area contributed by atoms with E-state index in [-0.39, 0.29) is 0 Å². The van der Waals surface area contributed by atoms with Gasteiger partial charge in [-0.3, -0.25) is 4.90 Å². The number of nitrogens with zero attached hydrogens (tertiary/aromatic N) is 3. The molecule has 2 rings (SSSR count). The van der Waals surface area contributed by atoms with Gasteiger partial charge in [-0.2, -0.15) is 4.98 Å². The Morgan fingerprint density at radius 1 is 1.38 bits per heavy atom. The molecule has 1 heterocycles. The van der Waals surface area contributed by atoms with Crippen LogP contribution in [0.25, 0.3) is 11.4 Å². The van der Waals surface area contributed by atoms with Crippen LogP contribution in [0, 0.1) is 0 Å². The lowest BCUT2D eigenvalue weighted by Gasteiger charge is -2.26. The summed E-state index contributed by atoms with van der Waals surface area (Å²) < 4.78 is 6.28. The summed E-state index contributed by atoms with van der Waals surface area (Å²) in [7, 11) is 0. The second-order valence-corrected chi connectivity index (χ2v) is 6.55. The molecule has 0 spiro atoms. The van der Waals surface area contributed by atoms with Crippen LogP contribution in [0.15, 0.2) is 33.3 Å². The van der Waals surface area contributed by atoms with Crippen LogP contribution in [-0.2, 0) is 6.54 Å². The Hall–Kier alpha value is -1.24. The maximum absolute atomic E-state index is 9.90. The van der Waals surface area contributed by atoms with Gasteiger partial charge in [0.25, 0.3) is 0 Å². The third-order valence-electron chi connectivity index (χ3n) is 2.97. The van der Waals surface area contributed by atoms with E-state index in [4.69, 9.17) is 4.52 Å². The molecule has 1 aromatic carbocycles. The summed E-state index contributed by atoms with van der Waals surface area (Å²) in [6, 6.07) is 7.77. The first-order valence-corrected chi connectivity index (χ1v) is 7.70. The van der Waals surface area contributed by atoms with Gasteiger partial charge in [-0.1, -0.05) is 40.1 Å². The molecule has 5 nitrogen and oxygen atoms in total. The van der Waals surface area contributed by atoms with E-state index in [1.165, 1.54) is 0 Å². The van der Waals surface area contributed by atoms with E-state index in [9.17, 15) is 5.11 Å². The predicted octanol–water partition coefficient (Wildman–Crippen LogP) is 3.09. The molecule has 0 unspecified atom stereocenters. The van der Waals surface area contributed by atoms with Crippen LogP contribution in [0.3, 0.4) is 0 Å². The van der Waals surface area contributed by atoms with E-state index >= 15 is 0 Å². The van der Waals surface area contributed by atoms with Gasteiger partial charge >= 0.3 is 0 Å². The molecule has 0 aliphatic heterocycles. The van der Waals surface area contributed by atoms with E-state index < -0.39 is 5.60 Å². The van der Waals surface area contributed by atoms with Crippen molar-refractivity contribution < 1.29 is 9.63 Å². The topological polar surface area (TPSA) is 62.4 Å². The molecule has 0 radical (unpaired) electrons. The number of likely N-dealkylation sites (N-methyl/N-ethyl adjacent to an activating group) is 1. The van der Waals surface area contributed by atoms with Crippen molar-refractivity contribution in [2.45, 2.75) is 32.9 Å². The molecule has 6 heteroatoms. The maximum Gasteiger partial charge on any atom is 0.241 e. The summed E-state index contributed by atoms with van der Waals surface area (Å²) in [6.45, 7) is 7.50. The fourth-order valence-electron chi connectivity index (χ4n) is 2.08. The molecule has 21 heavy (non-hydrogen) atoms. The molecule has 1 aromatic heterocycles. The van der Waals surface area contributed by atoms with E-state index in [1.807, 2.05) is 31.2 Å². The highest BCUT2D eigenvalue weighted by Gasteiger charge is 2.19. The van der Waals surface area contributed by atoms with Crippen molar-refractivity contribution in [1.29, 1.82) is 0 Å².